The molecule has 0 heterocycles. The summed E-state index contributed by atoms with van der Waals surface area (Å²) in [5.74, 6) is -0.383. The summed E-state index contributed by atoms with van der Waals surface area (Å²) in [6.45, 7) is 3.87. The van der Waals surface area contributed by atoms with Crippen LogP contribution in [0.25, 0.3) is 0 Å². The van der Waals surface area contributed by atoms with Gasteiger partial charge in [-0.05, 0) is 12.5 Å². The molecule has 0 aliphatic carbocycles. The van der Waals surface area contributed by atoms with Crippen LogP contribution < -0.4 is 11.1 Å². The van der Waals surface area contributed by atoms with Gasteiger partial charge in [0.05, 0.1) is 4.92 Å². The van der Waals surface area contributed by atoms with E-state index in [1.165, 1.54) is 12.1 Å². The van der Waals surface area contributed by atoms with E-state index < -0.39 is 4.92 Å². The van der Waals surface area contributed by atoms with E-state index in [0.717, 1.165) is 5.56 Å². The monoisotopic (exact) mass is 287 g/mol. The predicted octanol–water partition coefficient (Wildman–Crippen LogP) is 1.62. The molecule has 7 heteroatoms. The Bertz CT molecular complexity index is 434. The molecule has 0 bridgehead atoms. The zero-order chi connectivity index (χ0) is 13.7. The number of nitrogens with two attached hydrogens (primary N) is 1. The molecule has 0 spiro atoms. The van der Waals surface area contributed by atoms with Gasteiger partial charge >= 0.3 is 0 Å². The summed E-state index contributed by atoms with van der Waals surface area (Å²) >= 11 is 0. The average molecular weight is 288 g/mol. The lowest BCUT2D eigenvalue weighted by Crippen LogP contribution is -2.38. The Labute approximate surface area is 117 Å². The first kappa shape index (κ1) is 17.3. The molecule has 0 aliphatic rings. The number of carbonyl (C=O) groups excluding carboxylic acids is 1. The highest BCUT2D eigenvalue weighted by Crippen LogP contribution is 2.11. The van der Waals surface area contributed by atoms with Gasteiger partial charge in [0.25, 0.3) is 5.69 Å². The number of amides is 1. The van der Waals surface area contributed by atoms with Gasteiger partial charge in [0, 0.05) is 30.6 Å². The third kappa shape index (κ3) is 5.23. The Morgan fingerprint density at radius 2 is 1.89 bits per heavy atom. The lowest BCUT2D eigenvalue weighted by Gasteiger charge is -2.15. The van der Waals surface area contributed by atoms with Crippen LogP contribution in [0.2, 0.25) is 0 Å². The zero-order valence-corrected chi connectivity index (χ0v) is 11.6. The van der Waals surface area contributed by atoms with Crippen LogP contribution in [0, 0.1) is 16.0 Å². The fourth-order valence-corrected chi connectivity index (χ4v) is 1.32. The summed E-state index contributed by atoms with van der Waals surface area (Å²) < 4.78 is 0. The van der Waals surface area contributed by atoms with E-state index in [2.05, 4.69) is 5.32 Å². The van der Waals surface area contributed by atoms with Crippen molar-refractivity contribution in [2.75, 3.05) is 0 Å². The third-order valence-corrected chi connectivity index (χ3v) is 2.82. The van der Waals surface area contributed by atoms with Gasteiger partial charge in [0.15, 0.2) is 0 Å². The van der Waals surface area contributed by atoms with Crippen molar-refractivity contribution < 1.29 is 9.72 Å². The molecule has 0 aromatic heterocycles. The summed E-state index contributed by atoms with van der Waals surface area (Å²) in [5.41, 5.74) is 6.47. The van der Waals surface area contributed by atoms with E-state index in [-0.39, 0.29) is 36.0 Å². The fraction of sp³-hybridized carbons (Fsp3) is 0.417. The lowest BCUT2D eigenvalue weighted by atomic mass is 10.0. The summed E-state index contributed by atoms with van der Waals surface area (Å²) in [5, 5.41) is 13.2. The number of hydrogen-bond acceptors (Lipinski definition) is 4. The second-order valence-corrected chi connectivity index (χ2v) is 4.29. The zero-order valence-electron chi connectivity index (χ0n) is 10.8. The Morgan fingerprint density at radius 1 is 1.37 bits per heavy atom. The van der Waals surface area contributed by atoms with Crippen LogP contribution in [0.3, 0.4) is 0 Å². The van der Waals surface area contributed by atoms with Crippen LogP contribution in [-0.4, -0.2) is 16.9 Å². The van der Waals surface area contributed by atoms with E-state index in [0.29, 0.717) is 6.54 Å². The van der Waals surface area contributed by atoms with Gasteiger partial charge in [-0.2, -0.15) is 0 Å². The first-order valence-electron chi connectivity index (χ1n) is 5.68. The molecule has 0 fully saturated rings. The van der Waals surface area contributed by atoms with Crippen molar-refractivity contribution in [2.24, 2.45) is 11.7 Å². The molecule has 2 unspecified atom stereocenters. The normalized spacial score (nSPS) is 13.0. The maximum atomic E-state index is 11.6. The molecular formula is C12H18ClN3O3. The number of non-ortho nitro benzene ring substituents is 1. The number of nitro groups is 1. The molecular weight excluding hydrogens is 270 g/mol. The molecule has 106 valence electrons. The van der Waals surface area contributed by atoms with Gasteiger partial charge in [-0.25, -0.2) is 0 Å². The largest absolute Gasteiger partial charge is 0.352 e. The second kappa shape index (κ2) is 7.70. The Balaban J connectivity index is 0.00000324. The molecule has 19 heavy (non-hydrogen) atoms. The smallest absolute Gasteiger partial charge is 0.269 e. The van der Waals surface area contributed by atoms with Crippen molar-refractivity contribution in [1.82, 2.24) is 5.32 Å². The van der Waals surface area contributed by atoms with Gasteiger partial charge < -0.3 is 11.1 Å². The number of nitro benzene ring substituents is 1. The third-order valence-electron chi connectivity index (χ3n) is 2.82. The van der Waals surface area contributed by atoms with Gasteiger partial charge in [-0.1, -0.05) is 19.1 Å². The van der Waals surface area contributed by atoms with Crippen LogP contribution in [0.15, 0.2) is 24.3 Å². The number of nitrogens with zero attached hydrogens (tertiary/aromatic N) is 1. The average Bonchev–Trinajstić information content (AvgIpc) is 2.35. The highest BCUT2D eigenvalue weighted by Gasteiger charge is 2.16. The Hall–Kier alpha value is -1.66. The highest BCUT2D eigenvalue weighted by atomic mass is 35.5. The van der Waals surface area contributed by atoms with E-state index in [1.54, 1.807) is 26.0 Å². The molecule has 0 aliphatic heterocycles. The van der Waals surface area contributed by atoms with Crippen LogP contribution >= 0.6 is 12.4 Å². The molecule has 0 radical (unpaired) electrons. The minimum atomic E-state index is -0.458. The maximum Gasteiger partial charge on any atom is 0.269 e. The van der Waals surface area contributed by atoms with Crippen molar-refractivity contribution in [3.8, 4) is 0 Å². The molecule has 6 nitrogen and oxygen atoms in total. The first-order valence-corrected chi connectivity index (χ1v) is 5.68. The highest BCUT2D eigenvalue weighted by molar-refractivity contribution is 5.85. The minimum Gasteiger partial charge on any atom is -0.352 e. The molecule has 1 aromatic carbocycles. The number of hydrogen-bond donors (Lipinski definition) is 2. The van der Waals surface area contributed by atoms with Crippen molar-refractivity contribution >= 4 is 24.0 Å². The first-order chi connectivity index (χ1) is 8.41. The Kier molecular flexibility index (Phi) is 7.03. The standard InChI is InChI=1S/C12H17N3O3.ClH/c1-8(9(2)13)12(16)14-7-10-3-5-11(6-4-10)15(17)18;/h3-6,8-9H,7,13H2,1-2H3,(H,14,16);1H. The van der Waals surface area contributed by atoms with E-state index in [4.69, 9.17) is 5.73 Å². The minimum absolute atomic E-state index is 0. The number of nitrogens with one attached hydrogen (secondary N) is 1. The number of rotatable bonds is 5. The van der Waals surface area contributed by atoms with Crippen LogP contribution in [-0.2, 0) is 11.3 Å². The van der Waals surface area contributed by atoms with Crippen molar-refractivity contribution in [3.05, 3.63) is 39.9 Å². The van der Waals surface area contributed by atoms with Crippen LogP contribution in [0.1, 0.15) is 19.4 Å². The van der Waals surface area contributed by atoms with Crippen LogP contribution in [0.5, 0.6) is 0 Å². The van der Waals surface area contributed by atoms with E-state index in [9.17, 15) is 14.9 Å². The van der Waals surface area contributed by atoms with Crippen molar-refractivity contribution in [1.29, 1.82) is 0 Å². The quantitative estimate of drug-likeness (QED) is 0.635. The molecule has 1 aromatic rings. The van der Waals surface area contributed by atoms with Gasteiger partial charge in [0.2, 0.25) is 5.91 Å². The summed E-state index contributed by atoms with van der Waals surface area (Å²) in [6, 6.07) is 5.86. The summed E-state index contributed by atoms with van der Waals surface area (Å²) in [4.78, 5) is 21.6. The van der Waals surface area contributed by atoms with E-state index >= 15 is 0 Å². The van der Waals surface area contributed by atoms with Gasteiger partial charge in [0.1, 0.15) is 0 Å². The maximum absolute atomic E-state index is 11.6. The number of halogens is 1. The molecule has 0 saturated heterocycles. The number of benzene rings is 1. The van der Waals surface area contributed by atoms with Crippen molar-refractivity contribution in [3.63, 3.8) is 0 Å². The van der Waals surface area contributed by atoms with Crippen LogP contribution in [0.4, 0.5) is 5.69 Å². The Morgan fingerprint density at radius 3 is 2.32 bits per heavy atom. The van der Waals surface area contributed by atoms with Crippen molar-refractivity contribution in [2.45, 2.75) is 26.4 Å². The SMILES string of the molecule is CC(N)C(C)C(=O)NCc1ccc([N+](=O)[O-])cc1.Cl. The molecule has 0 saturated carbocycles. The number of carbonyl (C=O) groups is 1. The van der Waals surface area contributed by atoms with E-state index in [1.807, 2.05) is 0 Å². The molecule has 1 amide bonds. The molecule has 2 atom stereocenters. The topological polar surface area (TPSA) is 98.3 Å². The molecule has 3 N–H and O–H groups in total. The van der Waals surface area contributed by atoms with Gasteiger partial charge in [-0.15, -0.1) is 12.4 Å². The summed E-state index contributed by atoms with van der Waals surface area (Å²) in [6.07, 6.45) is 0. The van der Waals surface area contributed by atoms with Gasteiger partial charge in [-0.3, -0.25) is 14.9 Å². The molecule has 1 rings (SSSR count). The summed E-state index contributed by atoms with van der Waals surface area (Å²) in [7, 11) is 0. The predicted molar refractivity (Wildman–Crippen MR) is 75.0 cm³/mol. The second-order valence-electron chi connectivity index (χ2n) is 4.29. The fourth-order valence-electron chi connectivity index (χ4n) is 1.32. The lowest BCUT2D eigenvalue weighted by molar-refractivity contribution is -0.384.